The van der Waals surface area contributed by atoms with Gasteiger partial charge in [-0.15, -0.1) is 0 Å². The SMILES string of the molecule is CC1C=C2CCNCC2=CC1C. The van der Waals surface area contributed by atoms with Gasteiger partial charge < -0.3 is 5.32 Å². The number of hydrogen-bond acceptors (Lipinski definition) is 1. The standard InChI is InChI=1S/C11H17N/c1-8-5-10-3-4-12-7-11(10)6-9(8)2/h5-6,8-9,12H,3-4,7H2,1-2H3. The third kappa shape index (κ3) is 1.34. The number of piperidine rings is 1. The van der Waals surface area contributed by atoms with Crippen LogP contribution in [0.3, 0.4) is 0 Å². The summed E-state index contributed by atoms with van der Waals surface area (Å²) in [6.07, 6.45) is 6.12. The van der Waals surface area contributed by atoms with E-state index in [-0.39, 0.29) is 0 Å². The monoisotopic (exact) mass is 163 g/mol. The molecule has 0 aromatic rings. The van der Waals surface area contributed by atoms with E-state index in [4.69, 9.17) is 0 Å². The molecule has 66 valence electrons. The first-order chi connectivity index (χ1) is 5.77. The molecule has 0 amide bonds. The molecule has 0 radical (unpaired) electrons. The Bertz CT molecular complexity index is 211. The van der Waals surface area contributed by atoms with Crippen LogP contribution in [0.5, 0.6) is 0 Å². The molecule has 0 aromatic carbocycles. The first kappa shape index (κ1) is 8.06. The fourth-order valence-electron chi connectivity index (χ4n) is 2.01. The Hall–Kier alpha value is -0.560. The van der Waals surface area contributed by atoms with Crippen LogP contribution in [0.1, 0.15) is 20.3 Å². The Balaban J connectivity index is 2.23. The van der Waals surface area contributed by atoms with Gasteiger partial charge in [0.05, 0.1) is 0 Å². The zero-order chi connectivity index (χ0) is 8.55. The highest BCUT2D eigenvalue weighted by molar-refractivity contribution is 5.38. The van der Waals surface area contributed by atoms with Crippen molar-refractivity contribution in [2.24, 2.45) is 11.8 Å². The summed E-state index contributed by atoms with van der Waals surface area (Å²) in [7, 11) is 0. The fraction of sp³-hybridized carbons (Fsp3) is 0.636. The smallest absolute Gasteiger partial charge is 0.0205 e. The minimum Gasteiger partial charge on any atom is -0.312 e. The summed E-state index contributed by atoms with van der Waals surface area (Å²) in [5, 5.41) is 3.41. The second-order valence-electron chi connectivity index (χ2n) is 4.03. The Morgan fingerprint density at radius 1 is 1.17 bits per heavy atom. The maximum absolute atomic E-state index is 3.41. The summed E-state index contributed by atoms with van der Waals surface area (Å²) in [6, 6.07) is 0. The van der Waals surface area contributed by atoms with E-state index in [0.717, 1.165) is 24.9 Å². The van der Waals surface area contributed by atoms with Gasteiger partial charge in [-0.3, -0.25) is 0 Å². The van der Waals surface area contributed by atoms with Gasteiger partial charge in [0.25, 0.3) is 0 Å². The van der Waals surface area contributed by atoms with Gasteiger partial charge in [0.2, 0.25) is 0 Å². The Kier molecular flexibility index (Phi) is 2.05. The molecule has 2 unspecified atom stereocenters. The normalized spacial score (nSPS) is 35.2. The summed E-state index contributed by atoms with van der Waals surface area (Å²) in [5.41, 5.74) is 3.14. The molecular weight excluding hydrogens is 146 g/mol. The van der Waals surface area contributed by atoms with E-state index in [9.17, 15) is 0 Å². The molecule has 1 saturated heterocycles. The maximum Gasteiger partial charge on any atom is 0.0205 e. The van der Waals surface area contributed by atoms with E-state index >= 15 is 0 Å². The summed E-state index contributed by atoms with van der Waals surface area (Å²) in [5.74, 6) is 1.46. The van der Waals surface area contributed by atoms with Gasteiger partial charge in [-0.05, 0) is 35.9 Å². The van der Waals surface area contributed by atoms with Gasteiger partial charge in [0, 0.05) is 6.54 Å². The van der Waals surface area contributed by atoms with Crippen molar-refractivity contribution in [3.05, 3.63) is 23.3 Å². The van der Waals surface area contributed by atoms with Crippen LogP contribution in [0, 0.1) is 11.8 Å². The lowest BCUT2D eigenvalue weighted by Crippen LogP contribution is -2.28. The molecule has 1 N–H and O–H groups in total. The van der Waals surface area contributed by atoms with Gasteiger partial charge in [0.1, 0.15) is 0 Å². The predicted octanol–water partition coefficient (Wildman–Crippen LogP) is 2.12. The van der Waals surface area contributed by atoms with E-state index in [1.165, 1.54) is 6.42 Å². The fourth-order valence-corrected chi connectivity index (χ4v) is 2.01. The average Bonchev–Trinajstić information content (AvgIpc) is 2.07. The minimum atomic E-state index is 0.726. The third-order valence-corrected chi connectivity index (χ3v) is 3.06. The number of nitrogens with one attached hydrogen (secondary N) is 1. The molecule has 0 aromatic heterocycles. The molecule has 2 aliphatic rings. The van der Waals surface area contributed by atoms with Crippen molar-refractivity contribution in [2.75, 3.05) is 13.1 Å². The van der Waals surface area contributed by atoms with Gasteiger partial charge >= 0.3 is 0 Å². The lowest BCUT2D eigenvalue weighted by atomic mass is 9.82. The molecule has 12 heavy (non-hydrogen) atoms. The molecule has 1 fully saturated rings. The van der Waals surface area contributed by atoms with Crippen LogP contribution in [0.25, 0.3) is 0 Å². The largest absolute Gasteiger partial charge is 0.312 e. The Labute approximate surface area is 74.5 Å². The molecule has 1 aliphatic heterocycles. The summed E-state index contributed by atoms with van der Waals surface area (Å²) in [6.45, 7) is 6.86. The third-order valence-electron chi connectivity index (χ3n) is 3.06. The molecule has 1 nitrogen and oxygen atoms in total. The van der Waals surface area contributed by atoms with E-state index in [0.29, 0.717) is 0 Å². The predicted molar refractivity (Wildman–Crippen MR) is 52.0 cm³/mol. The van der Waals surface area contributed by atoms with Crippen LogP contribution in [0.4, 0.5) is 0 Å². The minimum absolute atomic E-state index is 0.726. The molecule has 0 saturated carbocycles. The van der Waals surface area contributed by atoms with Gasteiger partial charge in [-0.25, -0.2) is 0 Å². The maximum atomic E-state index is 3.41. The van der Waals surface area contributed by atoms with Gasteiger partial charge in [-0.2, -0.15) is 0 Å². The Morgan fingerprint density at radius 2 is 1.83 bits per heavy atom. The van der Waals surface area contributed by atoms with Gasteiger partial charge in [0.15, 0.2) is 0 Å². The number of allylic oxidation sites excluding steroid dienone is 2. The van der Waals surface area contributed by atoms with Gasteiger partial charge in [-0.1, -0.05) is 26.0 Å². The van der Waals surface area contributed by atoms with Crippen LogP contribution in [0.15, 0.2) is 23.3 Å². The molecule has 2 atom stereocenters. The van der Waals surface area contributed by atoms with E-state index in [2.05, 4.69) is 31.3 Å². The number of hydrogen-bond donors (Lipinski definition) is 1. The van der Waals surface area contributed by atoms with Crippen molar-refractivity contribution in [3.63, 3.8) is 0 Å². The summed E-state index contributed by atoms with van der Waals surface area (Å²) < 4.78 is 0. The number of fused-ring (bicyclic) bond motifs is 1. The molecular formula is C11H17N. The molecule has 1 heteroatoms. The molecule has 1 aliphatic carbocycles. The van der Waals surface area contributed by atoms with Crippen molar-refractivity contribution in [3.8, 4) is 0 Å². The highest BCUT2D eigenvalue weighted by Crippen LogP contribution is 2.29. The second kappa shape index (κ2) is 3.06. The average molecular weight is 163 g/mol. The first-order valence-electron chi connectivity index (χ1n) is 4.90. The van der Waals surface area contributed by atoms with Crippen LogP contribution in [-0.4, -0.2) is 13.1 Å². The lowest BCUT2D eigenvalue weighted by Gasteiger charge is -2.28. The zero-order valence-electron chi connectivity index (χ0n) is 7.93. The topological polar surface area (TPSA) is 12.0 Å². The van der Waals surface area contributed by atoms with Crippen molar-refractivity contribution in [2.45, 2.75) is 20.3 Å². The van der Waals surface area contributed by atoms with Crippen molar-refractivity contribution < 1.29 is 0 Å². The van der Waals surface area contributed by atoms with Crippen LogP contribution < -0.4 is 5.32 Å². The summed E-state index contributed by atoms with van der Waals surface area (Å²) >= 11 is 0. The molecule has 0 spiro atoms. The quantitative estimate of drug-likeness (QED) is 0.577. The van der Waals surface area contributed by atoms with Crippen LogP contribution in [-0.2, 0) is 0 Å². The van der Waals surface area contributed by atoms with E-state index < -0.39 is 0 Å². The van der Waals surface area contributed by atoms with Crippen molar-refractivity contribution >= 4 is 0 Å². The zero-order valence-corrected chi connectivity index (χ0v) is 7.93. The number of rotatable bonds is 0. The lowest BCUT2D eigenvalue weighted by molar-refractivity contribution is 0.526. The van der Waals surface area contributed by atoms with E-state index in [1.807, 2.05) is 0 Å². The van der Waals surface area contributed by atoms with Crippen molar-refractivity contribution in [1.82, 2.24) is 5.32 Å². The van der Waals surface area contributed by atoms with Crippen molar-refractivity contribution in [1.29, 1.82) is 0 Å². The molecule has 2 rings (SSSR count). The molecule has 0 bridgehead atoms. The molecule has 1 heterocycles. The second-order valence-corrected chi connectivity index (χ2v) is 4.03. The Morgan fingerprint density at radius 3 is 2.58 bits per heavy atom. The van der Waals surface area contributed by atoms with E-state index in [1.54, 1.807) is 11.1 Å². The highest BCUT2D eigenvalue weighted by Gasteiger charge is 2.19. The van der Waals surface area contributed by atoms with Crippen LogP contribution >= 0.6 is 0 Å². The highest BCUT2D eigenvalue weighted by atomic mass is 14.9. The summed E-state index contributed by atoms with van der Waals surface area (Å²) in [4.78, 5) is 0. The first-order valence-corrected chi connectivity index (χ1v) is 4.90. The van der Waals surface area contributed by atoms with Crippen LogP contribution in [0.2, 0.25) is 0 Å².